The van der Waals surface area contributed by atoms with Gasteiger partial charge in [0.25, 0.3) is 0 Å². The van der Waals surface area contributed by atoms with E-state index in [0.29, 0.717) is 6.54 Å². The average molecular weight is 306 g/mol. The number of nitrogens with zero attached hydrogens (tertiary/aromatic N) is 1. The molecule has 0 radical (unpaired) electrons. The van der Waals surface area contributed by atoms with Crippen LogP contribution >= 0.6 is 15.9 Å². The fourth-order valence-corrected chi connectivity index (χ4v) is 3.01. The Morgan fingerprint density at radius 3 is 2.89 bits per heavy atom. The molecule has 3 N–H and O–H groups in total. The molecule has 0 bridgehead atoms. The number of benzene rings is 1. The predicted octanol–water partition coefficient (Wildman–Crippen LogP) is 2.75. The quantitative estimate of drug-likeness (QED) is 0.916. The van der Waals surface area contributed by atoms with Crippen LogP contribution in [0.2, 0.25) is 0 Å². The number of hydrogen-bond donors (Lipinski definition) is 2. The van der Waals surface area contributed by atoms with E-state index in [-0.39, 0.29) is 5.92 Å². The van der Waals surface area contributed by atoms with E-state index in [9.17, 15) is 0 Å². The molecule has 2 aromatic rings. The summed E-state index contributed by atoms with van der Waals surface area (Å²) in [5.74, 6) is 1.09. The van der Waals surface area contributed by atoms with E-state index in [1.54, 1.807) is 6.20 Å². The molecule has 1 aromatic heterocycles. The van der Waals surface area contributed by atoms with Gasteiger partial charge in [-0.1, -0.05) is 18.2 Å². The second-order valence-corrected chi connectivity index (χ2v) is 5.64. The summed E-state index contributed by atoms with van der Waals surface area (Å²) >= 11 is 3.39. The van der Waals surface area contributed by atoms with E-state index in [1.165, 1.54) is 36.0 Å². The zero-order valence-corrected chi connectivity index (χ0v) is 11.7. The fourth-order valence-electron chi connectivity index (χ4n) is 2.70. The summed E-state index contributed by atoms with van der Waals surface area (Å²) in [6, 6.07) is 6.74. The van der Waals surface area contributed by atoms with Crippen LogP contribution in [0, 0.1) is 0 Å². The molecule has 1 aromatic carbocycles. The van der Waals surface area contributed by atoms with E-state index in [1.807, 2.05) is 0 Å². The van der Waals surface area contributed by atoms with Gasteiger partial charge in [0.2, 0.25) is 0 Å². The SMILES string of the molecule is NCC(c1ccc2c(c1)CCC2)c1ncc(Br)[nH]1. The lowest BCUT2D eigenvalue weighted by Gasteiger charge is -2.14. The van der Waals surface area contributed by atoms with Crippen LogP contribution in [0.15, 0.2) is 29.0 Å². The number of halogens is 1. The van der Waals surface area contributed by atoms with Crippen molar-refractivity contribution < 1.29 is 0 Å². The molecule has 0 saturated heterocycles. The Hall–Kier alpha value is -1.13. The van der Waals surface area contributed by atoms with Gasteiger partial charge in [-0.25, -0.2) is 4.98 Å². The van der Waals surface area contributed by atoms with Crippen LogP contribution in [0.1, 0.15) is 34.9 Å². The Labute approximate surface area is 115 Å². The number of aromatic nitrogens is 2. The van der Waals surface area contributed by atoms with E-state index >= 15 is 0 Å². The Kier molecular flexibility index (Phi) is 3.22. The maximum Gasteiger partial charge on any atom is 0.115 e. The van der Waals surface area contributed by atoms with Gasteiger partial charge in [-0.2, -0.15) is 0 Å². The zero-order chi connectivity index (χ0) is 12.5. The number of rotatable bonds is 3. The van der Waals surface area contributed by atoms with Crippen LogP contribution in [-0.4, -0.2) is 16.5 Å². The molecule has 1 atom stereocenters. The molecule has 0 fully saturated rings. The normalized spacial score (nSPS) is 15.7. The Balaban J connectivity index is 1.96. The van der Waals surface area contributed by atoms with Gasteiger partial charge in [-0.3, -0.25) is 0 Å². The van der Waals surface area contributed by atoms with Crippen molar-refractivity contribution >= 4 is 15.9 Å². The maximum absolute atomic E-state index is 5.92. The van der Waals surface area contributed by atoms with Gasteiger partial charge >= 0.3 is 0 Å². The van der Waals surface area contributed by atoms with E-state index in [0.717, 1.165) is 10.4 Å². The first kappa shape index (κ1) is 11.9. The largest absolute Gasteiger partial charge is 0.336 e. The van der Waals surface area contributed by atoms with Crippen molar-refractivity contribution in [2.45, 2.75) is 25.2 Å². The number of aryl methyl sites for hydroxylation is 2. The highest BCUT2D eigenvalue weighted by Crippen LogP contribution is 2.28. The van der Waals surface area contributed by atoms with Crippen molar-refractivity contribution in [2.75, 3.05) is 6.54 Å². The third kappa shape index (κ3) is 2.10. The highest BCUT2D eigenvalue weighted by Gasteiger charge is 2.18. The molecule has 0 spiro atoms. The summed E-state index contributed by atoms with van der Waals surface area (Å²) in [7, 11) is 0. The summed E-state index contributed by atoms with van der Waals surface area (Å²) in [4.78, 5) is 7.59. The van der Waals surface area contributed by atoms with E-state index in [2.05, 4.69) is 44.1 Å². The lowest BCUT2D eigenvalue weighted by atomic mass is 9.95. The van der Waals surface area contributed by atoms with Gasteiger partial charge in [-0.05, 0) is 51.9 Å². The minimum Gasteiger partial charge on any atom is -0.336 e. The van der Waals surface area contributed by atoms with Crippen molar-refractivity contribution in [1.29, 1.82) is 0 Å². The average Bonchev–Trinajstić information content (AvgIpc) is 2.99. The van der Waals surface area contributed by atoms with Crippen LogP contribution in [0.5, 0.6) is 0 Å². The summed E-state index contributed by atoms with van der Waals surface area (Å²) < 4.78 is 0.900. The second kappa shape index (κ2) is 4.86. The highest BCUT2D eigenvalue weighted by molar-refractivity contribution is 9.10. The molecule has 0 saturated carbocycles. The molecule has 18 heavy (non-hydrogen) atoms. The Morgan fingerprint density at radius 1 is 1.33 bits per heavy atom. The molecule has 4 heteroatoms. The van der Waals surface area contributed by atoms with Gasteiger partial charge in [0.1, 0.15) is 10.4 Å². The van der Waals surface area contributed by atoms with Crippen LogP contribution in [0.3, 0.4) is 0 Å². The molecule has 1 unspecified atom stereocenters. The lowest BCUT2D eigenvalue weighted by Crippen LogP contribution is -2.15. The fraction of sp³-hybridized carbons (Fsp3) is 0.357. The number of fused-ring (bicyclic) bond motifs is 1. The smallest absolute Gasteiger partial charge is 0.115 e. The molecule has 3 nitrogen and oxygen atoms in total. The first-order chi connectivity index (χ1) is 8.78. The summed E-state index contributed by atoms with van der Waals surface area (Å²) in [6.07, 6.45) is 5.47. The van der Waals surface area contributed by atoms with Crippen LogP contribution in [0.4, 0.5) is 0 Å². The first-order valence-corrected chi connectivity index (χ1v) is 7.09. The van der Waals surface area contributed by atoms with Gasteiger partial charge in [0.05, 0.1) is 12.1 Å². The number of hydrogen-bond acceptors (Lipinski definition) is 2. The molecule has 1 heterocycles. The Bertz CT molecular complexity index is 562. The molecule has 0 amide bonds. The zero-order valence-electron chi connectivity index (χ0n) is 10.1. The summed E-state index contributed by atoms with van der Waals surface area (Å²) in [5, 5.41) is 0. The van der Waals surface area contributed by atoms with E-state index < -0.39 is 0 Å². The number of nitrogens with one attached hydrogen (secondary N) is 1. The second-order valence-electron chi connectivity index (χ2n) is 4.79. The summed E-state index contributed by atoms with van der Waals surface area (Å²) in [5.41, 5.74) is 10.2. The van der Waals surface area contributed by atoms with Gasteiger partial charge in [0.15, 0.2) is 0 Å². The molecule has 0 aliphatic heterocycles. The van der Waals surface area contributed by atoms with Crippen molar-refractivity contribution in [3.63, 3.8) is 0 Å². The third-order valence-corrected chi connectivity index (χ3v) is 4.06. The first-order valence-electron chi connectivity index (χ1n) is 6.30. The topological polar surface area (TPSA) is 54.7 Å². The Morgan fingerprint density at radius 2 is 2.17 bits per heavy atom. The van der Waals surface area contributed by atoms with Crippen molar-refractivity contribution in [3.8, 4) is 0 Å². The van der Waals surface area contributed by atoms with Crippen molar-refractivity contribution in [2.24, 2.45) is 5.73 Å². The highest BCUT2D eigenvalue weighted by atomic mass is 79.9. The van der Waals surface area contributed by atoms with Gasteiger partial charge in [-0.15, -0.1) is 0 Å². The molecule has 1 aliphatic rings. The molecular weight excluding hydrogens is 290 g/mol. The van der Waals surface area contributed by atoms with E-state index in [4.69, 9.17) is 5.73 Å². The minimum atomic E-state index is 0.155. The molecule has 1 aliphatic carbocycles. The molecule has 94 valence electrons. The molecule has 3 rings (SSSR count). The van der Waals surface area contributed by atoms with Crippen molar-refractivity contribution in [1.82, 2.24) is 9.97 Å². The van der Waals surface area contributed by atoms with Crippen molar-refractivity contribution in [3.05, 3.63) is 51.5 Å². The number of aromatic amines is 1. The molecular formula is C14H16BrN3. The van der Waals surface area contributed by atoms with Crippen LogP contribution in [-0.2, 0) is 12.8 Å². The summed E-state index contributed by atoms with van der Waals surface area (Å²) in [6.45, 7) is 0.568. The minimum absolute atomic E-state index is 0.155. The van der Waals surface area contributed by atoms with Gasteiger partial charge in [0, 0.05) is 6.54 Å². The number of H-pyrrole nitrogens is 1. The maximum atomic E-state index is 5.92. The van der Waals surface area contributed by atoms with Gasteiger partial charge < -0.3 is 10.7 Å². The standard InChI is InChI=1S/C14H16BrN3/c15-13-8-17-14(18-13)12(7-16)11-5-4-9-2-1-3-10(9)6-11/h4-6,8,12H,1-3,7,16H2,(H,17,18). The lowest BCUT2D eigenvalue weighted by molar-refractivity contribution is 0.762. The number of imidazole rings is 1. The predicted molar refractivity (Wildman–Crippen MR) is 75.7 cm³/mol. The number of nitrogens with two attached hydrogens (primary N) is 1. The van der Waals surface area contributed by atoms with Crippen LogP contribution < -0.4 is 5.73 Å². The third-order valence-electron chi connectivity index (χ3n) is 3.66. The van der Waals surface area contributed by atoms with Crippen LogP contribution in [0.25, 0.3) is 0 Å². The monoisotopic (exact) mass is 305 g/mol.